The van der Waals surface area contributed by atoms with Crippen LogP contribution in [0.1, 0.15) is 5.56 Å². The highest BCUT2D eigenvalue weighted by Gasteiger charge is 2.07. The molecule has 6 nitrogen and oxygen atoms in total. The number of hydrogen-bond acceptors (Lipinski definition) is 4. The fraction of sp³-hybridized carbons (Fsp3) is 0.0833. The SMILES string of the molecule is Cc1c(Nc2cccc([N+](=O)[O-])c2)[nH]ccc1=O. The number of nitro benzene ring substituents is 1. The molecule has 1 aromatic carbocycles. The minimum atomic E-state index is -0.466. The lowest BCUT2D eigenvalue weighted by atomic mass is 10.2. The van der Waals surface area contributed by atoms with Crippen LogP contribution in [0.5, 0.6) is 0 Å². The van der Waals surface area contributed by atoms with Crippen LogP contribution in [0.2, 0.25) is 0 Å². The molecule has 0 bridgehead atoms. The van der Waals surface area contributed by atoms with E-state index in [0.29, 0.717) is 17.1 Å². The number of aromatic nitrogens is 1. The van der Waals surface area contributed by atoms with Crippen molar-refractivity contribution in [2.24, 2.45) is 0 Å². The van der Waals surface area contributed by atoms with E-state index in [9.17, 15) is 14.9 Å². The van der Waals surface area contributed by atoms with Gasteiger partial charge in [-0.15, -0.1) is 0 Å². The zero-order valence-corrected chi connectivity index (χ0v) is 9.64. The summed E-state index contributed by atoms with van der Waals surface area (Å²) < 4.78 is 0. The van der Waals surface area contributed by atoms with Crippen molar-refractivity contribution in [3.05, 3.63) is 62.4 Å². The van der Waals surface area contributed by atoms with Gasteiger partial charge in [0.2, 0.25) is 0 Å². The molecule has 0 unspecified atom stereocenters. The molecule has 2 rings (SSSR count). The van der Waals surface area contributed by atoms with Crippen LogP contribution in [0, 0.1) is 17.0 Å². The summed E-state index contributed by atoms with van der Waals surface area (Å²) in [5.74, 6) is 0.531. The first-order chi connectivity index (χ1) is 8.58. The number of aromatic amines is 1. The third-order valence-corrected chi connectivity index (χ3v) is 2.53. The summed E-state index contributed by atoms with van der Waals surface area (Å²) in [5.41, 5.74) is 0.982. The summed E-state index contributed by atoms with van der Waals surface area (Å²) in [6.07, 6.45) is 1.52. The Bertz CT molecular complexity index is 649. The van der Waals surface area contributed by atoms with Crippen LogP contribution < -0.4 is 10.7 Å². The normalized spacial score (nSPS) is 10.1. The van der Waals surface area contributed by atoms with E-state index in [0.717, 1.165) is 0 Å². The Labute approximate surface area is 102 Å². The summed E-state index contributed by atoms with van der Waals surface area (Å²) in [6.45, 7) is 1.68. The lowest BCUT2D eigenvalue weighted by molar-refractivity contribution is -0.384. The van der Waals surface area contributed by atoms with Crippen molar-refractivity contribution in [2.45, 2.75) is 6.92 Å². The van der Waals surface area contributed by atoms with Gasteiger partial charge in [-0.3, -0.25) is 14.9 Å². The molecule has 0 saturated heterocycles. The van der Waals surface area contributed by atoms with E-state index in [-0.39, 0.29) is 11.1 Å². The summed E-state index contributed by atoms with van der Waals surface area (Å²) in [5, 5.41) is 13.6. The Hall–Kier alpha value is -2.63. The number of hydrogen-bond donors (Lipinski definition) is 2. The van der Waals surface area contributed by atoms with Gasteiger partial charge in [0.15, 0.2) is 5.43 Å². The number of pyridine rings is 1. The number of nitrogens with one attached hydrogen (secondary N) is 2. The average Bonchev–Trinajstić information content (AvgIpc) is 2.35. The van der Waals surface area contributed by atoms with Gasteiger partial charge in [0.1, 0.15) is 5.82 Å². The number of anilines is 2. The minimum absolute atomic E-state index is 0.00377. The Morgan fingerprint density at radius 1 is 1.33 bits per heavy atom. The molecule has 0 radical (unpaired) electrons. The van der Waals surface area contributed by atoms with Gasteiger partial charge >= 0.3 is 0 Å². The van der Waals surface area contributed by atoms with Gasteiger partial charge in [0.25, 0.3) is 5.69 Å². The van der Waals surface area contributed by atoms with Gasteiger partial charge < -0.3 is 10.3 Å². The number of nitro groups is 1. The van der Waals surface area contributed by atoms with E-state index < -0.39 is 4.92 Å². The molecule has 0 fully saturated rings. The van der Waals surface area contributed by atoms with Crippen molar-refractivity contribution in [2.75, 3.05) is 5.32 Å². The van der Waals surface area contributed by atoms with Crippen LogP contribution >= 0.6 is 0 Å². The van der Waals surface area contributed by atoms with Gasteiger partial charge in [0.05, 0.1) is 4.92 Å². The van der Waals surface area contributed by atoms with Crippen molar-refractivity contribution in [1.29, 1.82) is 0 Å². The summed E-state index contributed by atoms with van der Waals surface area (Å²) in [4.78, 5) is 24.5. The quantitative estimate of drug-likeness (QED) is 0.641. The van der Waals surface area contributed by atoms with Gasteiger partial charge in [0, 0.05) is 35.6 Å². The lowest BCUT2D eigenvalue weighted by Gasteiger charge is -2.08. The van der Waals surface area contributed by atoms with E-state index in [1.165, 1.54) is 24.4 Å². The van der Waals surface area contributed by atoms with Crippen LogP contribution in [0.3, 0.4) is 0 Å². The van der Waals surface area contributed by atoms with E-state index in [2.05, 4.69) is 10.3 Å². The Morgan fingerprint density at radius 2 is 2.11 bits per heavy atom. The zero-order valence-electron chi connectivity index (χ0n) is 9.64. The van der Waals surface area contributed by atoms with Crippen molar-refractivity contribution >= 4 is 17.2 Å². The van der Waals surface area contributed by atoms with Crippen LogP contribution in [-0.2, 0) is 0 Å². The van der Waals surface area contributed by atoms with E-state index in [1.807, 2.05) is 0 Å². The van der Waals surface area contributed by atoms with Crippen LogP contribution in [0.15, 0.2) is 41.3 Å². The first-order valence-corrected chi connectivity index (χ1v) is 5.27. The fourth-order valence-electron chi connectivity index (χ4n) is 1.53. The topological polar surface area (TPSA) is 88.0 Å². The summed E-state index contributed by atoms with van der Waals surface area (Å²) in [7, 11) is 0. The van der Waals surface area contributed by atoms with Crippen molar-refractivity contribution in [3.63, 3.8) is 0 Å². The molecule has 18 heavy (non-hydrogen) atoms. The molecule has 6 heteroatoms. The molecule has 0 saturated carbocycles. The maximum atomic E-state index is 11.4. The second-order valence-electron chi connectivity index (χ2n) is 3.77. The monoisotopic (exact) mass is 245 g/mol. The third kappa shape index (κ3) is 2.37. The second-order valence-corrected chi connectivity index (χ2v) is 3.77. The maximum absolute atomic E-state index is 11.4. The molecule has 2 aromatic rings. The highest BCUT2D eigenvalue weighted by Crippen LogP contribution is 2.20. The lowest BCUT2D eigenvalue weighted by Crippen LogP contribution is -2.08. The average molecular weight is 245 g/mol. The Morgan fingerprint density at radius 3 is 2.83 bits per heavy atom. The molecule has 0 spiro atoms. The molecule has 92 valence electrons. The minimum Gasteiger partial charge on any atom is -0.348 e. The maximum Gasteiger partial charge on any atom is 0.271 e. The smallest absolute Gasteiger partial charge is 0.271 e. The molecule has 1 heterocycles. The first-order valence-electron chi connectivity index (χ1n) is 5.27. The predicted octanol–water partition coefficient (Wildman–Crippen LogP) is 2.34. The molecule has 2 N–H and O–H groups in total. The highest BCUT2D eigenvalue weighted by molar-refractivity contribution is 5.61. The first kappa shape index (κ1) is 11.8. The summed E-state index contributed by atoms with van der Waals surface area (Å²) >= 11 is 0. The second kappa shape index (κ2) is 4.70. The summed E-state index contributed by atoms with van der Waals surface area (Å²) in [6, 6.07) is 7.51. The number of H-pyrrole nitrogens is 1. The number of nitrogens with zero attached hydrogens (tertiary/aromatic N) is 1. The standard InChI is InChI=1S/C12H11N3O3/c1-8-11(16)5-6-13-12(8)14-9-3-2-4-10(7-9)15(17)18/h2-7H,1H3,(H2,13,14,16). The van der Waals surface area contributed by atoms with E-state index in [1.54, 1.807) is 19.1 Å². The Balaban J connectivity index is 2.34. The molecular formula is C12H11N3O3. The van der Waals surface area contributed by atoms with Gasteiger partial charge in [-0.05, 0) is 13.0 Å². The van der Waals surface area contributed by atoms with E-state index >= 15 is 0 Å². The Kier molecular flexibility index (Phi) is 3.09. The molecule has 1 aromatic heterocycles. The largest absolute Gasteiger partial charge is 0.348 e. The number of non-ortho nitro benzene ring substituents is 1. The highest BCUT2D eigenvalue weighted by atomic mass is 16.6. The van der Waals surface area contributed by atoms with Gasteiger partial charge in [-0.25, -0.2) is 0 Å². The van der Waals surface area contributed by atoms with Crippen molar-refractivity contribution in [3.8, 4) is 0 Å². The number of rotatable bonds is 3. The molecule has 0 aliphatic rings. The van der Waals surface area contributed by atoms with Crippen LogP contribution in [0.25, 0.3) is 0 Å². The molecule has 0 aliphatic carbocycles. The molecular weight excluding hydrogens is 234 g/mol. The van der Waals surface area contributed by atoms with Gasteiger partial charge in [-0.1, -0.05) is 6.07 Å². The predicted molar refractivity (Wildman–Crippen MR) is 68.2 cm³/mol. The van der Waals surface area contributed by atoms with Gasteiger partial charge in [-0.2, -0.15) is 0 Å². The van der Waals surface area contributed by atoms with Crippen molar-refractivity contribution in [1.82, 2.24) is 4.98 Å². The zero-order chi connectivity index (χ0) is 13.1. The molecule has 0 amide bonds. The van der Waals surface area contributed by atoms with E-state index in [4.69, 9.17) is 0 Å². The van der Waals surface area contributed by atoms with Crippen LogP contribution in [0.4, 0.5) is 17.2 Å². The number of benzene rings is 1. The molecule has 0 aliphatic heterocycles. The van der Waals surface area contributed by atoms with Crippen LogP contribution in [-0.4, -0.2) is 9.91 Å². The fourth-order valence-corrected chi connectivity index (χ4v) is 1.53. The third-order valence-electron chi connectivity index (χ3n) is 2.53. The van der Waals surface area contributed by atoms with Crippen molar-refractivity contribution < 1.29 is 4.92 Å². The molecule has 0 atom stereocenters.